The van der Waals surface area contributed by atoms with Crippen LogP contribution in [0.5, 0.6) is 0 Å². The van der Waals surface area contributed by atoms with Crippen LogP contribution in [0, 0.1) is 0 Å². The summed E-state index contributed by atoms with van der Waals surface area (Å²) in [6.07, 6.45) is 1.87. The summed E-state index contributed by atoms with van der Waals surface area (Å²) in [6.45, 7) is 0.155. The van der Waals surface area contributed by atoms with Crippen LogP contribution in [-0.2, 0) is 40.6 Å². The molecule has 0 spiro atoms. The summed E-state index contributed by atoms with van der Waals surface area (Å²) in [5.41, 5.74) is 0.675. The molecule has 29 heavy (non-hydrogen) atoms. The molecule has 0 saturated carbocycles. The molecule has 0 aromatic heterocycles. The first-order valence-electron chi connectivity index (χ1n) is 8.26. The van der Waals surface area contributed by atoms with E-state index >= 15 is 0 Å². The molecule has 11 nitrogen and oxygen atoms in total. The van der Waals surface area contributed by atoms with Gasteiger partial charge in [-0.05, 0) is 24.1 Å². The largest absolute Gasteiger partial charge is 0.363 e. The van der Waals surface area contributed by atoms with Gasteiger partial charge in [-0.1, -0.05) is 12.1 Å². The maximum Gasteiger partial charge on any atom is 0.363 e. The number of carbonyl (C=O) groups is 5. The number of amides is 4. The van der Waals surface area contributed by atoms with E-state index in [4.69, 9.17) is 4.55 Å². The third kappa shape index (κ3) is 4.22. The van der Waals surface area contributed by atoms with Crippen LogP contribution in [0.4, 0.5) is 0 Å². The molecule has 3 rings (SSSR count). The molecule has 2 heterocycles. The van der Waals surface area contributed by atoms with Gasteiger partial charge in [0.05, 0.1) is 12.0 Å². The summed E-state index contributed by atoms with van der Waals surface area (Å²) < 4.78 is 31.1. The smallest absolute Gasteiger partial charge is 0.325 e. The van der Waals surface area contributed by atoms with Crippen LogP contribution in [0.2, 0.25) is 0 Å². The Morgan fingerprint density at radius 3 is 2.17 bits per heavy atom. The highest BCUT2D eigenvalue weighted by Gasteiger charge is 2.48. The number of hydrogen-bond donors (Lipinski definition) is 1. The summed E-state index contributed by atoms with van der Waals surface area (Å²) in [4.78, 5) is 64.4. The number of imide groups is 2. The molecule has 4 amide bonds. The minimum atomic E-state index is -4.80. The molecule has 0 bridgehead atoms. The van der Waals surface area contributed by atoms with Gasteiger partial charge in [-0.3, -0.25) is 28.6 Å². The SMILES string of the molecule is O=C(ON1C(=O)CC(S(=O)(=O)O)C1=O)c1ccc(CCN2C(=O)C=CC2=O)cc1. The van der Waals surface area contributed by atoms with E-state index in [1.54, 1.807) is 0 Å². The lowest BCUT2D eigenvalue weighted by molar-refractivity contribution is -0.172. The van der Waals surface area contributed by atoms with Crippen molar-refractivity contribution in [3.05, 3.63) is 47.5 Å². The molecule has 1 unspecified atom stereocenters. The van der Waals surface area contributed by atoms with E-state index in [1.807, 2.05) is 0 Å². The Balaban J connectivity index is 1.61. The minimum Gasteiger partial charge on any atom is -0.325 e. The van der Waals surface area contributed by atoms with Crippen LogP contribution >= 0.6 is 0 Å². The average Bonchev–Trinajstić information content (AvgIpc) is 3.13. The Labute approximate surface area is 164 Å². The summed E-state index contributed by atoms with van der Waals surface area (Å²) in [6, 6.07) is 5.75. The van der Waals surface area contributed by atoms with Gasteiger partial charge in [0.2, 0.25) is 0 Å². The molecular weight excluding hydrogens is 408 g/mol. The minimum absolute atomic E-state index is 0.0201. The van der Waals surface area contributed by atoms with E-state index < -0.39 is 51.4 Å². The number of hydroxylamine groups is 2. The fourth-order valence-corrected chi connectivity index (χ4v) is 3.45. The van der Waals surface area contributed by atoms with E-state index in [9.17, 15) is 32.4 Å². The Morgan fingerprint density at radius 2 is 1.66 bits per heavy atom. The Bertz CT molecular complexity index is 1030. The van der Waals surface area contributed by atoms with E-state index in [1.165, 1.54) is 36.4 Å². The second-order valence-electron chi connectivity index (χ2n) is 6.22. The molecule has 1 aromatic carbocycles. The zero-order valence-corrected chi connectivity index (χ0v) is 15.5. The molecule has 1 fully saturated rings. The molecule has 0 aliphatic carbocycles. The van der Waals surface area contributed by atoms with E-state index in [2.05, 4.69) is 4.84 Å². The molecular formula is C17H14N2O9S. The van der Waals surface area contributed by atoms with Crippen LogP contribution in [0.15, 0.2) is 36.4 Å². The molecule has 1 N–H and O–H groups in total. The average molecular weight is 422 g/mol. The molecule has 1 atom stereocenters. The van der Waals surface area contributed by atoms with Crippen LogP contribution in [0.25, 0.3) is 0 Å². The van der Waals surface area contributed by atoms with Crippen molar-refractivity contribution in [1.82, 2.24) is 9.96 Å². The van der Waals surface area contributed by atoms with Gasteiger partial charge in [-0.15, -0.1) is 5.06 Å². The topological polar surface area (TPSA) is 155 Å². The summed E-state index contributed by atoms with van der Waals surface area (Å²) in [5, 5.41) is -1.98. The fraction of sp³-hybridized carbons (Fsp3) is 0.235. The lowest BCUT2D eigenvalue weighted by Crippen LogP contribution is -2.36. The van der Waals surface area contributed by atoms with Gasteiger partial charge < -0.3 is 4.84 Å². The first kappa shape index (κ1) is 20.4. The van der Waals surface area contributed by atoms with Gasteiger partial charge in [0.1, 0.15) is 0 Å². The van der Waals surface area contributed by atoms with Gasteiger partial charge in [-0.2, -0.15) is 8.42 Å². The van der Waals surface area contributed by atoms with Crippen molar-refractivity contribution in [1.29, 1.82) is 0 Å². The predicted molar refractivity (Wildman–Crippen MR) is 93.2 cm³/mol. The number of carbonyl (C=O) groups excluding carboxylic acids is 5. The molecule has 0 radical (unpaired) electrons. The van der Waals surface area contributed by atoms with Crippen molar-refractivity contribution in [2.24, 2.45) is 0 Å². The molecule has 12 heteroatoms. The highest BCUT2D eigenvalue weighted by molar-refractivity contribution is 7.87. The van der Waals surface area contributed by atoms with Gasteiger partial charge in [0.15, 0.2) is 5.25 Å². The standard InChI is InChI=1S/C17H14N2O9S/c20-13-5-6-14(21)18(13)8-7-10-1-3-11(4-2-10)17(24)28-19-15(22)9-12(16(19)23)29(25,26)27/h1-6,12H,7-9H2,(H,25,26,27). The summed E-state index contributed by atoms with van der Waals surface area (Å²) >= 11 is 0. The Morgan fingerprint density at radius 1 is 1.07 bits per heavy atom. The number of hydrogen-bond acceptors (Lipinski definition) is 8. The van der Waals surface area contributed by atoms with Crippen molar-refractivity contribution >= 4 is 39.7 Å². The van der Waals surface area contributed by atoms with Gasteiger partial charge in [-0.25, -0.2) is 4.79 Å². The van der Waals surface area contributed by atoms with Crippen molar-refractivity contribution < 1.29 is 41.8 Å². The van der Waals surface area contributed by atoms with Gasteiger partial charge in [0.25, 0.3) is 33.7 Å². The monoisotopic (exact) mass is 422 g/mol. The third-order valence-corrected chi connectivity index (χ3v) is 5.40. The molecule has 2 aliphatic heterocycles. The normalized spacial score (nSPS) is 19.4. The summed E-state index contributed by atoms with van der Waals surface area (Å²) in [5.74, 6) is -4.31. The molecule has 152 valence electrons. The zero-order chi connectivity index (χ0) is 21.3. The first-order valence-corrected chi connectivity index (χ1v) is 9.76. The highest BCUT2D eigenvalue weighted by atomic mass is 32.2. The van der Waals surface area contributed by atoms with Gasteiger partial charge in [0, 0.05) is 18.7 Å². The maximum absolute atomic E-state index is 12.1. The highest BCUT2D eigenvalue weighted by Crippen LogP contribution is 2.20. The van der Waals surface area contributed by atoms with Crippen molar-refractivity contribution in [3.8, 4) is 0 Å². The Kier molecular flexibility index (Phi) is 5.31. The van der Waals surface area contributed by atoms with E-state index in [0.717, 1.165) is 4.90 Å². The fourth-order valence-electron chi connectivity index (χ4n) is 2.75. The molecule has 2 aliphatic rings. The lowest BCUT2D eigenvalue weighted by Gasteiger charge is -2.14. The number of rotatable bonds is 6. The van der Waals surface area contributed by atoms with Crippen molar-refractivity contribution in [2.75, 3.05) is 6.54 Å². The number of nitrogens with zero attached hydrogens (tertiary/aromatic N) is 2. The van der Waals surface area contributed by atoms with Crippen LogP contribution < -0.4 is 0 Å². The second-order valence-corrected chi connectivity index (χ2v) is 7.82. The number of benzene rings is 1. The third-order valence-electron chi connectivity index (χ3n) is 4.31. The lowest BCUT2D eigenvalue weighted by atomic mass is 10.1. The van der Waals surface area contributed by atoms with Crippen molar-refractivity contribution in [3.63, 3.8) is 0 Å². The van der Waals surface area contributed by atoms with Crippen LogP contribution in [0.3, 0.4) is 0 Å². The second kappa shape index (κ2) is 7.56. The van der Waals surface area contributed by atoms with Crippen molar-refractivity contribution in [2.45, 2.75) is 18.1 Å². The predicted octanol–water partition coefficient (Wildman–Crippen LogP) is -0.759. The molecule has 1 saturated heterocycles. The quantitative estimate of drug-likeness (QED) is 0.460. The first-order chi connectivity index (χ1) is 13.6. The Hall–Kier alpha value is -3.38. The van der Waals surface area contributed by atoms with Gasteiger partial charge >= 0.3 is 5.97 Å². The van der Waals surface area contributed by atoms with Crippen LogP contribution in [0.1, 0.15) is 22.3 Å². The van der Waals surface area contributed by atoms with Crippen LogP contribution in [-0.4, -0.2) is 64.3 Å². The maximum atomic E-state index is 12.1. The molecule has 1 aromatic rings. The summed E-state index contributed by atoms with van der Waals surface area (Å²) in [7, 11) is -4.80. The van der Waals surface area contributed by atoms with E-state index in [0.29, 0.717) is 12.0 Å². The zero-order valence-electron chi connectivity index (χ0n) is 14.7. The van der Waals surface area contributed by atoms with E-state index in [-0.39, 0.29) is 17.2 Å².